The van der Waals surface area contributed by atoms with E-state index in [-0.39, 0.29) is 5.91 Å². The summed E-state index contributed by atoms with van der Waals surface area (Å²) in [5, 5.41) is 2.56. The average molecular weight is 170 g/mol. The maximum atomic E-state index is 10.9. The largest absolute Gasteiger partial charge is 0.358 e. The number of likely N-dealkylation sites (tertiary alicyclic amines) is 1. The molecule has 1 fully saturated rings. The zero-order valence-electron chi connectivity index (χ0n) is 7.30. The lowest BCUT2D eigenvalue weighted by molar-refractivity contribution is -0.125. The molecule has 1 heterocycles. The second-order valence-corrected chi connectivity index (χ2v) is 2.99. The Kier molecular flexibility index (Phi) is 3.22. The molecule has 0 spiro atoms. The highest BCUT2D eigenvalue weighted by Gasteiger charge is 2.17. The van der Waals surface area contributed by atoms with E-state index in [0.717, 1.165) is 13.1 Å². The predicted molar refractivity (Wildman–Crippen MR) is 44.7 cm³/mol. The second kappa shape index (κ2) is 4.21. The van der Waals surface area contributed by atoms with Gasteiger partial charge in [-0.1, -0.05) is 0 Å². The molecular formula is C8H14N2O2. The van der Waals surface area contributed by atoms with Crippen molar-refractivity contribution in [3.63, 3.8) is 0 Å². The Morgan fingerprint density at radius 3 is 2.58 bits per heavy atom. The maximum Gasteiger partial charge on any atom is 0.233 e. The highest BCUT2D eigenvalue weighted by molar-refractivity contribution is 5.80. The van der Waals surface area contributed by atoms with E-state index in [2.05, 4.69) is 5.32 Å². The van der Waals surface area contributed by atoms with E-state index in [9.17, 15) is 9.59 Å². The Labute approximate surface area is 71.9 Å². The van der Waals surface area contributed by atoms with Gasteiger partial charge in [0, 0.05) is 33.0 Å². The number of carbonyl (C=O) groups is 2. The van der Waals surface area contributed by atoms with Gasteiger partial charge < -0.3 is 5.32 Å². The smallest absolute Gasteiger partial charge is 0.233 e. The minimum absolute atomic E-state index is 0.0179. The minimum Gasteiger partial charge on any atom is -0.358 e. The Hall–Kier alpha value is -0.900. The quantitative estimate of drug-likeness (QED) is 0.602. The van der Waals surface area contributed by atoms with Crippen LogP contribution in [0.25, 0.3) is 0 Å². The third-order valence-corrected chi connectivity index (χ3v) is 2.06. The fourth-order valence-corrected chi connectivity index (χ4v) is 1.24. The van der Waals surface area contributed by atoms with Gasteiger partial charge in [-0.25, -0.2) is 0 Å². The summed E-state index contributed by atoms with van der Waals surface area (Å²) >= 11 is 0. The lowest BCUT2D eigenvalue weighted by Gasteiger charge is -2.24. The van der Waals surface area contributed by atoms with Crippen LogP contribution in [0.2, 0.25) is 0 Å². The number of piperidine rings is 1. The summed E-state index contributed by atoms with van der Waals surface area (Å²) in [4.78, 5) is 23.8. The highest BCUT2D eigenvalue weighted by Crippen LogP contribution is 2.04. The van der Waals surface area contributed by atoms with Crippen molar-refractivity contribution in [1.29, 1.82) is 0 Å². The molecule has 0 radical (unpaired) electrons. The maximum absolute atomic E-state index is 10.9. The van der Waals surface area contributed by atoms with Crippen LogP contribution in [-0.2, 0) is 9.59 Å². The average Bonchev–Trinajstić information content (AvgIpc) is 2.09. The van der Waals surface area contributed by atoms with E-state index in [0.29, 0.717) is 25.2 Å². The lowest BCUT2D eigenvalue weighted by Crippen LogP contribution is -2.40. The third-order valence-electron chi connectivity index (χ3n) is 2.06. The molecule has 1 N–H and O–H groups in total. The Morgan fingerprint density at radius 2 is 2.08 bits per heavy atom. The molecule has 0 aliphatic carbocycles. The van der Waals surface area contributed by atoms with Gasteiger partial charge in [0.15, 0.2) is 0 Å². The molecule has 0 aromatic rings. The molecule has 0 aromatic heterocycles. The number of carbonyl (C=O) groups excluding carboxylic acids is 2. The van der Waals surface area contributed by atoms with Crippen molar-refractivity contribution in [2.45, 2.75) is 12.8 Å². The van der Waals surface area contributed by atoms with Crippen LogP contribution in [0.4, 0.5) is 0 Å². The molecule has 0 saturated carbocycles. The van der Waals surface area contributed by atoms with Crippen LogP contribution in [-0.4, -0.2) is 43.3 Å². The third kappa shape index (κ3) is 2.62. The van der Waals surface area contributed by atoms with Gasteiger partial charge in [-0.2, -0.15) is 0 Å². The van der Waals surface area contributed by atoms with E-state index in [1.54, 1.807) is 7.05 Å². The number of nitrogens with zero attached hydrogens (tertiary/aromatic N) is 1. The minimum atomic E-state index is 0.0179. The highest BCUT2D eigenvalue weighted by atomic mass is 16.2. The topological polar surface area (TPSA) is 49.4 Å². The van der Waals surface area contributed by atoms with Crippen LogP contribution >= 0.6 is 0 Å². The van der Waals surface area contributed by atoms with Crippen LogP contribution < -0.4 is 5.32 Å². The molecule has 0 aromatic carbocycles. The number of nitrogens with one attached hydrogen (secondary N) is 1. The van der Waals surface area contributed by atoms with Crippen LogP contribution in [0.15, 0.2) is 0 Å². The normalized spacial score (nSPS) is 19.2. The summed E-state index contributed by atoms with van der Waals surface area (Å²) in [6.45, 7) is 1.88. The van der Waals surface area contributed by atoms with Crippen molar-refractivity contribution in [1.82, 2.24) is 10.2 Å². The van der Waals surface area contributed by atoms with Crippen molar-refractivity contribution < 1.29 is 9.59 Å². The molecule has 0 unspecified atom stereocenters. The number of likely N-dealkylation sites (N-methyl/N-ethyl adjacent to an activating group) is 1. The predicted octanol–water partition coefficient (Wildman–Crippen LogP) is -0.603. The second-order valence-electron chi connectivity index (χ2n) is 2.99. The van der Waals surface area contributed by atoms with Gasteiger partial charge in [0.25, 0.3) is 0 Å². The molecule has 0 bridgehead atoms. The monoisotopic (exact) mass is 170 g/mol. The molecule has 0 atom stereocenters. The SMILES string of the molecule is CNC(=O)CN1CCC(=O)CC1. The van der Waals surface area contributed by atoms with Gasteiger partial charge in [0.05, 0.1) is 6.54 Å². The summed E-state index contributed by atoms with van der Waals surface area (Å²) < 4.78 is 0. The number of rotatable bonds is 2. The van der Waals surface area contributed by atoms with Gasteiger partial charge >= 0.3 is 0 Å². The summed E-state index contributed by atoms with van der Waals surface area (Å²) in [6.07, 6.45) is 1.19. The van der Waals surface area contributed by atoms with Crippen LogP contribution in [0.3, 0.4) is 0 Å². The van der Waals surface area contributed by atoms with Gasteiger partial charge in [0.1, 0.15) is 5.78 Å². The molecule has 1 aliphatic rings. The molecule has 12 heavy (non-hydrogen) atoms. The van der Waals surface area contributed by atoms with Crippen LogP contribution in [0.5, 0.6) is 0 Å². The zero-order valence-corrected chi connectivity index (χ0v) is 7.30. The van der Waals surface area contributed by atoms with Gasteiger partial charge in [-0.3, -0.25) is 14.5 Å². The molecule has 4 nitrogen and oxygen atoms in total. The molecular weight excluding hydrogens is 156 g/mol. The number of ketones is 1. The molecule has 68 valence electrons. The van der Waals surface area contributed by atoms with E-state index >= 15 is 0 Å². The Morgan fingerprint density at radius 1 is 1.50 bits per heavy atom. The van der Waals surface area contributed by atoms with Crippen molar-refractivity contribution in [2.24, 2.45) is 0 Å². The summed E-state index contributed by atoms with van der Waals surface area (Å²) in [7, 11) is 1.62. The van der Waals surface area contributed by atoms with Gasteiger partial charge in [-0.15, -0.1) is 0 Å². The fourth-order valence-electron chi connectivity index (χ4n) is 1.24. The Balaban J connectivity index is 2.26. The number of hydrogen-bond donors (Lipinski definition) is 1. The summed E-state index contributed by atoms with van der Waals surface area (Å²) in [5.74, 6) is 0.326. The summed E-state index contributed by atoms with van der Waals surface area (Å²) in [5.41, 5.74) is 0. The number of Topliss-reactive ketones (excluding diaryl/α,β-unsaturated/α-hetero) is 1. The van der Waals surface area contributed by atoms with E-state index in [1.807, 2.05) is 4.90 Å². The van der Waals surface area contributed by atoms with Crippen LogP contribution in [0.1, 0.15) is 12.8 Å². The molecule has 1 aliphatic heterocycles. The van der Waals surface area contributed by atoms with E-state index < -0.39 is 0 Å². The van der Waals surface area contributed by atoms with Gasteiger partial charge in [0.2, 0.25) is 5.91 Å². The first kappa shape index (κ1) is 9.19. The number of hydrogen-bond acceptors (Lipinski definition) is 3. The van der Waals surface area contributed by atoms with E-state index in [1.165, 1.54) is 0 Å². The number of amides is 1. The van der Waals surface area contributed by atoms with Crippen molar-refractivity contribution >= 4 is 11.7 Å². The fraction of sp³-hybridized carbons (Fsp3) is 0.750. The lowest BCUT2D eigenvalue weighted by atomic mass is 10.1. The molecule has 1 amide bonds. The molecule has 1 saturated heterocycles. The molecule has 1 rings (SSSR count). The first-order valence-electron chi connectivity index (χ1n) is 4.17. The van der Waals surface area contributed by atoms with Crippen molar-refractivity contribution in [3.05, 3.63) is 0 Å². The Bertz CT molecular complexity index is 181. The van der Waals surface area contributed by atoms with Crippen LogP contribution in [0, 0.1) is 0 Å². The standard InChI is InChI=1S/C8H14N2O2/c1-9-8(12)6-10-4-2-7(11)3-5-10/h2-6H2,1H3,(H,9,12). The molecule has 4 heteroatoms. The van der Waals surface area contributed by atoms with Crippen molar-refractivity contribution in [3.8, 4) is 0 Å². The summed E-state index contributed by atoms with van der Waals surface area (Å²) in [6, 6.07) is 0. The first-order valence-corrected chi connectivity index (χ1v) is 4.17. The van der Waals surface area contributed by atoms with Gasteiger partial charge in [-0.05, 0) is 0 Å². The zero-order chi connectivity index (χ0) is 8.97. The van der Waals surface area contributed by atoms with E-state index in [4.69, 9.17) is 0 Å². The van der Waals surface area contributed by atoms with Crippen molar-refractivity contribution in [2.75, 3.05) is 26.7 Å². The first-order chi connectivity index (χ1) is 5.72.